The monoisotopic (exact) mass is 439 g/mol. The number of rotatable bonds is 3. The van der Waals surface area contributed by atoms with Gasteiger partial charge in [0.05, 0.1) is 37.1 Å². The molecule has 0 aliphatic carbocycles. The molecule has 2 aromatic heterocycles. The topological polar surface area (TPSA) is 81.0 Å². The quantitative estimate of drug-likeness (QED) is 0.741. The van der Waals surface area contributed by atoms with Gasteiger partial charge in [-0.15, -0.1) is 0 Å². The number of fused-ring (bicyclic) bond motifs is 1. The first-order valence-electron chi connectivity index (χ1n) is 9.87. The third-order valence-corrected chi connectivity index (χ3v) is 4.79. The van der Waals surface area contributed by atoms with E-state index in [1.165, 1.54) is 18.0 Å². The molecule has 168 valence electrons. The fraction of sp³-hybridized carbons (Fsp3) is 0.450. The summed E-state index contributed by atoms with van der Waals surface area (Å²) in [6.45, 7) is 6.08. The van der Waals surface area contributed by atoms with Gasteiger partial charge < -0.3 is 9.47 Å². The molecule has 1 atom stereocenters. The molecule has 1 saturated heterocycles. The molecule has 0 aromatic carbocycles. The Labute approximate surface area is 177 Å². The predicted molar refractivity (Wildman–Crippen MR) is 107 cm³/mol. The molecule has 1 fully saturated rings. The van der Waals surface area contributed by atoms with Crippen LogP contribution in [0.2, 0.25) is 0 Å². The number of methoxy groups -OCH3 is 1. The van der Waals surface area contributed by atoms with Crippen LogP contribution in [0, 0.1) is 0 Å². The number of carbonyl (C=O) groups is 1. The van der Waals surface area contributed by atoms with Crippen LogP contribution < -0.4 is 5.43 Å². The molecule has 0 saturated carbocycles. The second kappa shape index (κ2) is 9.48. The molecule has 8 nitrogen and oxygen atoms in total. The second-order valence-corrected chi connectivity index (χ2v) is 6.55. The van der Waals surface area contributed by atoms with Gasteiger partial charge in [0.15, 0.2) is 5.84 Å². The smallest absolute Gasteiger partial charge is 0.417 e. The standard InChI is InChI=1S/C18H18F3N5O3.C2H6/c1-28-17(27)11-8-14-16(25-4-6-29-7-5-25)23-15(24-26(14)10-11)12-9-22-3-2-13(12)18(19,20)21;1-2/h2-3,8-10,16H,4-7H2,1H3,(H,23,24);1-2H3. The number of halogens is 3. The predicted octanol–water partition coefficient (Wildman–Crippen LogP) is 3.05. The molecule has 1 N–H and O–H groups in total. The van der Waals surface area contributed by atoms with E-state index in [2.05, 4.69) is 15.4 Å². The van der Waals surface area contributed by atoms with Crippen molar-refractivity contribution in [3.8, 4) is 0 Å². The van der Waals surface area contributed by atoms with E-state index in [0.717, 1.165) is 18.5 Å². The Balaban J connectivity index is 0.00000132. The molecule has 2 aliphatic rings. The van der Waals surface area contributed by atoms with Crippen LogP contribution in [-0.4, -0.2) is 59.8 Å². The molecule has 2 aliphatic heterocycles. The third-order valence-electron chi connectivity index (χ3n) is 4.79. The lowest BCUT2D eigenvalue weighted by Crippen LogP contribution is -2.43. The average Bonchev–Trinajstić information content (AvgIpc) is 3.23. The number of alkyl halides is 3. The largest absolute Gasteiger partial charge is 0.465 e. The number of nitrogens with zero attached hydrogens (tertiary/aromatic N) is 4. The van der Waals surface area contributed by atoms with E-state index in [1.807, 2.05) is 18.7 Å². The maximum Gasteiger partial charge on any atom is 0.417 e. The van der Waals surface area contributed by atoms with Gasteiger partial charge in [0.2, 0.25) is 0 Å². The van der Waals surface area contributed by atoms with Crippen molar-refractivity contribution in [2.75, 3.05) is 38.8 Å². The Morgan fingerprint density at radius 3 is 2.65 bits per heavy atom. The van der Waals surface area contributed by atoms with Gasteiger partial charge in [0, 0.05) is 37.2 Å². The van der Waals surface area contributed by atoms with E-state index < -0.39 is 23.9 Å². The molecular formula is C20H24F3N5O3. The summed E-state index contributed by atoms with van der Waals surface area (Å²) in [5.74, 6) is -0.533. The van der Waals surface area contributed by atoms with Crippen LogP contribution in [0.3, 0.4) is 0 Å². The van der Waals surface area contributed by atoms with Crippen molar-refractivity contribution >= 4 is 11.8 Å². The number of amidine groups is 1. The Hall–Kier alpha value is -2.92. The van der Waals surface area contributed by atoms with Gasteiger partial charge in [-0.05, 0) is 12.1 Å². The summed E-state index contributed by atoms with van der Waals surface area (Å²) in [6, 6.07) is 2.53. The zero-order valence-corrected chi connectivity index (χ0v) is 17.4. The highest BCUT2D eigenvalue weighted by molar-refractivity contribution is 6.06. The van der Waals surface area contributed by atoms with Gasteiger partial charge in [-0.1, -0.05) is 13.8 Å². The fourth-order valence-corrected chi connectivity index (χ4v) is 3.39. The fourth-order valence-electron chi connectivity index (χ4n) is 3.39. The van der Waals surface area contributed by atoms with Crippen molar-refractivity contribution < 1.29 is 27.4 Å². The summed E-state index contributed by atoms with van der Waals surface area (Å²) in [5, 5.41) is 0. The number of ether oxygens (including phenoxy) is 2. The zero-order chi connectivity index (χ0) is 22.6. The van der Waals surface area contributed by atoms with Gasteiger partial charge in [-0.3, -0.25) is 20.0 Å². The zero-order valence-electron chi connectivity index (χ0n) is 17.4. The minimum absolute atomic E-state index is 0.0152. The first-order valence-corrected chi connectivity index (χ1v) is 9.87. The molecule has 0 bridgehead atoms. The highest BCUT2D eigenvalue weighted by Crippen LogP contribution is 2.34. The van der Waals surface area contributed by atoms with E-state index in [-0.39, 0.29) is 17.0 Å². The summed E-state index contributed by atoms with van der Waals surface area (Å²) in [7, 11) is 1.26. The highest BCUT2D eigenvalue weighted by Gasteiger charge is 2.37. The number of hydrogen-bond acceptors (Lipinski definition) is 7. The van der Waals surface area contributed by atoms with Crippen LogP contribution in [0.15, 0.2) is 35.7 Å². The molecule has 4 heterocycles. The molecule has 4 rings (SSSR count). The van der Waals surface area contributed by atoms with Crippen LogP contribution >= 0.6 is 0 Å². The van der Waals surface area contributed by atoms with Gasteiger partial charge in [0.1, 0.15) is 6.17 Å². The average molecular weight is 439 g/mol. The van der Waals surface area contributed by atoms with Gasteiger partial charge >= 0.3 is 12.1 Å². The number of aromatic nitrogens is 2. The Morgan fingerprint density at radius 2 is 2.00 bits per heavy atom. The van der Waals surface area contributed by atoms with Crippen molar-refractivity contribution in [1.82, 2.24) is 14.6 Å². The number of carbonyl (C=O) groups excluding carboxylic acids is 1. The van der Waals surface area contributed by atoms with Gasteiger partial charge in [-0.2, -0.15) is 13.2 Å². The maximum absolute atomic E-state index is 13.5. The number of aliphatic imine (C=N–C) groups is 1. The molecule has 1 unspecified atom stereocenters. The summed E-state index contributed by atoms with van der Waals surface area (Å²) < 4.78 is 52.1. The molecule has 0 amide bonds. The van der Waals surface area contributed by atoms with Crippen LogP contribution in [0.1, 0.15) is 47.2 Å². The van der Waals surface area contributed by atoms with Crippen LogP contribution in [0.5, 0.6) is 0 Å². The molecule has 31 heavy (non-hydrogen) atoms. The van der Waals surface area contributed by atoms with E-state index >= 15 is 0 Å². The van der Waals surface area contributed by atoms with Crippen LogP contribution in [0.4, 0.5) is 13.2 Å². The summed E-state index contributed by atoms with van der Waals surface area (Å²) >= 11 is 0. The normalized spacial score (nSPS) is 18.8. The number of pyridine rings is 1. The first kappa shape index (κ1) is 22.8. The van der Waals surface area contributed by atoms with Crippen molar-refractivity contribution in [1.29, 1.82) is 0 Å². The van der Waals surface area contributed by atoms with Crippen LogP contribution in [0.25, 0.3) is 0 Å². The number of nitrogens with one attached hydrogen (secondary N) is 1. The van der Waals surface area contributed by atoms with E-state index in [1.54, 1.807) is 6.07 Å². The van der Waals surface area contributed by atoms with E-state index in [4.69, 9.17) is 9.47 Å². The Kier molecular flexibility index (Phi) is 6.96. The summed E-state index contributed by atoms with van der Waals surface area (Å²) in [6.07, 6.45) is -1.46. The van der Waals surface area contributed by atoms with Crippen LogP contribution in [-0.2, 0) is 15.7 Å². The molecule has 0 spiro atoms. The molecule has 0 radical (unpaired) electrons. The molecular weight excluding hydrogens is 415 g/mol. The maximum atomic E-state index is 13.5. The van der Waals surface area contributed by atoms with Gasteiger partial charge in [-0.25, -0.2) is 9.79 Å². The summed E-state index contributed by atoms with van der Waals surface area (Å²) in [4.78, 5) is 22.3. The molecule has 2 aromatic rings. The molecule has 11 heteroatoms. The van der Waals surface area contributed by atoms with Crippen molar-refractivity contribution in [3.63, 3.8) is 0 Å². The van der Waals surface area contributed by atoms with Crippen molar-refractivity contribution in [2.24, 2.45) is 4.99 Å². The van der Waals surface area contributed by atoms with Crippen molar-refractivity contribution in [2.45, 2.75) is 26.2 Å². The number of esters is 1. The SMILES string of the molecule is CC.COC(=O)c1cc2n(c1)NC(c1cnccc1C(F)(F)F)=NC2N1CCOCC1. The minimum Gasteiger partial charge on any atom is -0.465 e. The summed E-state index contributed by atoms with van der Waals surface area (Å²) in [5.41, 5.74) is 2.73. The number of morpholine rings is 1. The third kappa shape index (κ3) is 4.72. The highest BCUT2D eigenvalue weighted by atomic mass is 19.4. The Bertz CT molecular complexity index is 952. The number of hydrogen-bond donors (Lipinski definition) is 1. The second-order valence-electron chi connectivity index (χ2n) is 6.55. The van der Waals surface area contributed by atoms with Crippen molar-refractivity contribution in [3.05, 3.63) is 53.1 Å². The Morgan fingerprint density at radius 1 is 1.29 bits per heavy atom. The van der Waals surface area contributed by atoms with Gasteiger partial charge in [0.25, 0.3) is 0 Å². The lowest BCUT2D eigenvalue weighted by Gasteiger charge is -2.35. The van der Waals surface area contributed by atoms with E-state index in [9.17, 15) is 18.0 Å². The minimum atomic E-state index is -4.56. The van der Waals surface area contributed by atoms with E-state index in [0.29, 0.717) is 32.0 Å². The first-order chi connectivity index (χ1) is 14.9. The lowest BCUT2D eigenvalue weighted by atomic mass is 10.1. The lowest BCUT2D eigenvalue weighted by molar-refractivity contribution is -0.137.